The molecule has 0 atom stereocenters. The second kappa shape index (κ2) is 3.85. The van der Waals surface area contributed by atoms with E-state index in [2.05, 4.69) is 9.80 Å². The van der Waals surface area contributed by atoms with Crippen LogP contribution >= 0.6 is 11.8 Å². The Hall–Kier alpha value is -0.640. The zero-order valence-electron chi connectivity index (χ0n) is 7.65. The first-order valence-electron chi connectivity index (χ1n) is 3.84. The van der Waals surface area contributed by atoms with Crippen molar-refractivity contribution in [2.24, 2.45) is 0 Å². The van der Waals surface area contributed by atoms with E-state index in [4.69, 9.17) is 0 Å². The molecule has 0 unspecified atom stereocenters. The molecule has 1 aliphatic heterocycles. The van der Waals surface area contributed by atoms with Crippen LogP contribution in [0.2, 0.25) is 0 Å². The van der Waals surface area contributed by atoms with Gasteiger partial charge in [-0.25, -0.2) is 0 Å². The van der Waals surface area contributed by atoms with Crippen molar-refractivity contribution in [3.8, 4) is 0 Å². The summed E-state index contributed by atoms with van der Waals surface area (Å²) in [6, 6.07) is 0. The molecule has 0 amide bonds. The fourth-order valence-corrected chi connectivity index (χ4v) is 2.07. The predicted molar refractivity (Wildman–Crippen MR) is 51.6 cm³/mol. The quantitative estimate of drug-likeness (QED) is 0.654. The molecule has 0 fully saturated rings. The van der Waals surface area contributed by atoms with Crippen LogP contribution in [0.3, 0.4) is 0 Å². The molecule has 0 saturated carbocycles. The van der Waals surface area contributed by atoms with Gasteiger partial charge >= 0.3 is 0 Å². The lowest BCUT2D eigenvalue weighted by Gasteiger charge is -2.26. The largest absolute Gasteiger partial charge is 0.351 e. The van der Waals surface area contributed by atoms with Crippen molar-refractivity contribution in [2.45, 2.75) is 12.4 Å². The zero-order chi connectivity index (χ0) is 9.14. The van der Waals surface area contributed by atoms with Crippen molar-refractivity contribution in [1.29, 1.82) is 0 Å². The van der Waals surface area contributed by atoms with Crippen LogP contribution in [0.1, 0.15) is 6.92 Å². The molecule has 0 aromatic heterocycles. The lowest BCUT2D eigenvalue weighted by molar-refractivity contribution is -0.114. The minimum Gasteiger partial charge on any atom is -0.351 e. The normalized spacial score (nSPS) is 17.6. The first-order valence-corrected chi connectivity index (χ1v) is 4.89. The molecule has 0 bridgehead atoms. The monoisotopic (exact) mass is 186 g/mol. The van der Waals surface area contributed by atoms with E-state index >= 15 is 0 Å². The number of Topliss-reactive ketones (excluding diaryl/α,β-unsaturated/α-hetero) is 1. The summed E-state index contributed by atoms with van der Waals surface area (Å²) >= 11 is 1.65. The van der Waals surface area contributed by atoms with Gasteiger partial charge in [-0.2, -0.15) is 0 Å². The van der Waals surface area contributed by atoms with Crippen LogP contribution in [-0.2, 0) is 4.79 Å². The first-order chi connectivity index (χ1) is 5.61. The SMILES string of the molecule is CC(=O)CSC1N(C)C=CN1C. The van der Waals surface area contributed by atoms with Gasteiger partial charge < -0.3 is 9.80 Å². The maximum atomic E-state index is 10.7. The van der Waals surface area contributed by atoms with Crippen molar-refractivity contribution in [3.05, 3.63) is 12.4 Å². The highest BCUT2D eigenvalue weighted by molar-refractivity contribution is 8.00. The molecule has 1 rings (SSSR count). The van der Waals surface area contributed by atoms with Gasteiger partial charge in [-0.05, 0) is 6.92 Å². The Morgan fingerprint density at radius 2 is 1.92 bits per heavy atom. The van der Waals surface area contributed by atoms with E-state index in [-0.39, 0.29) is 11.3 Å². The summed E-state index contributed by atoms with van der Waals surface area (Å²) in [5, 5.41) is 0. The smallest absolute Gasteiger partial charge is 0.149 e. The molecule has 0 aliphatic carbocycles. The van der Waals surface area contributed by atoms with Crippen LogP contribution in [0.15, 0.2) is 12.4 Å². The van der Waals surface area contributed by atoms with E-state index < -0.39 is 0 Å². The molecule has 12 heavy (non-hydrogen) atoms. The fraction of sp³-hybridized carbons (Fsp3) is 0.625. The molecule has 0 saturated heterocycles. The number of carbonyl (C=O) groups is 1. The number of ketones is 1. The molecule has 4 heteroatoms. The molecule has 0 radical (unpaired) electrons. The maximum Gasteiger partial charge on any atom is 0.149 e. The summed E-state index contributed by atoms with van der Waals surface area (Å²) in [7, 11) is 4.02. The van der Waals surface area contributed by atoms with E-state index in [1.165, 1.54) is 0 Å². The van der Waals surface area contributed by atoms with Crippen molar-refractivity contribution in [2.75, 3.05) is 19.8 Å². The van der Waals surface area contributed by atoms with Gasteiger partial charge in [0.2, 0.25) is 0 Å². The summed E-state index contributed by atoms with van der Waals surface area (Å²) in [5.41, 5.74) is 0.286. The molecule has 3 nitrogen and oxygen atoms in total. The van der Waals surface area contributed by atoms with Gasteiger partial charge in [0, 0.05) is 26.5 Å². The van der Waals surface area contributed by atoms with Gasteiger partial charge in [0.15, 0.2) is 0 Å². The van der Waals surface area contributed by atoms with Crippen LogP contribution in [0.4, 0.5) is 0 Å². The summed E-state index contributed by atoms with van der Waals surface area (Å²) in [6.45, 7) is 1.62. The second-order valence-electron chi connectivity index (χ2n) is 2.97. The highest BCUT2D eigenvalue weighted by Gasteiger charge is 2.20. The third-order valence-electron chi connectivity index (χ3n) is 1.67. The summed E-state index contributed by atoms with van der Waals surface area (Å²) in [4.78, 5) is 14.9. The lowest BCUT2D eigenvalue weighted by Crippen LogP contribution is -2.31. The number of carbonyl (C=O) groups excluding carboxylic acids is 1. The third-order valence-corrected chi connectivity index (χ3v) is 3.21. The molecule has 68 valence electrons. The Bertz CT molecular complexity index is 193. The van der Waals surface area contributed by atoms with E-state index in [9.17, 15) is 4.79 Å². The Morgan fingerprint density at radius 1 is 1.42 bits per heavy atom. The van der Waals surface area contributed by atoms with E-state index in [1.807, 2.05) is 26.5 Å². The molecule has 1 aliphatic rings. The molecular weight excluding hydrogens is 172 g/mol. The molecule has 1 heterocycles. The summed E-state index contributed by atoms with van der Waals surface area (Å²) in [6.07, 6.45) is 4.02. The molecule has 0 aromatic rings. The number of nitrogens with zero attached hydrogens (tertiary/aromatic N) is 2. The van der Waals surface area contributed by atoms with Gasteiger partial charge in [0.05, 0.1) is 5.75 Å². The van der Waals surface area contributed by atoms with Crippen molar-refractivity contribution in [3.63, 3.8) is 0 Å². The summed E-state index contributed by atoms with van der Waals surface area (Å²) in [5.74, 6) is 0.815. The van der Waals surface area contributed by atoms with Gasteiger partial charge in [-0.15, -0.1) is 11.8 Å². The third kappa shape index (κ3) is 2.17. The van der Waals surface area contributed by atoms with Crippen molar-refractivity contribution in [1.82, 2.24) is 9.80 Å². The maximum absolute atomic E-state index is 10.7. The minimum absolute atomic E-state index is 0.230. The average Bonchev–Trinajstić information content (AvgIpc) is 2.28. The number of hydrogen-bond donors (Lipinski definition) is 0. The second-order valence-corrected chi connectivity index (χ2v) is 4.01. The van der Waals surface area contributed by atoms with E-state index in [1.54, 1.807) is 18.7 Å². The fourth-order valence-electron chi connectivity index (χ4n) is 1.07. The highest BCUT2D eigenvalue weighted by Crippen LogP contribution is 2.22. The van der Waals surface area contributed by atoms with E-state index in [0.29, 0.717) is 5.75 Å². The van der Waals surface area contributed by atoms with Crippen molar-refractivity contribution >= 4 is 17.5 Å². The van der Waals surface area contributed by atoms with Crippen LogP contribution < -0.4 is 0 Å². The van der Waals surface area contributed by atoms with Crippen LogP contribution in [-0.4, -0.2) is 40.9 Å². The Morgan fingerprint density at radius 3 is 2.33 bits per heavy atom. The number of rotatable bonds is 3. The standard InChI is InChI=1S/C8H14N2OS/c1-7(11)6-12-8-9(2)4-5-10(8)3/h4-5,8H,6H2,1-3H3. The Labute approximate surface area is 77.4 Å². The number of hydrogen-bond acceptors (Lipinski definition) is 4. The van der Waals surface area contributed by atoms with Gasteiger partial charge in [0.25, 0.3) is 0 Å². The Balaban J connectivity index is 2.37. The van der Waals surface area contributed by atoms with Crippen molar-refractivity contribution < 1.29 is 4.79 Å². The average molecular weight is 186 g/mol. The van der Waals surface area contributed by atoms with Gasteiger partial charge in [0.1, 0.15) is 11.3 Å². The molecular formula is C8H14N2OS. The van der Waals surface area contributed by atoms with Crippen LogP contribution in [0, 0.1) is 0 Å². The summed E-state index contributed by atoms with van der Waals surface area (Å²) < 4.78 is 0. The first kappa shape index (κ1) is 9.45. The lowest BCUT2D eigenvalue weighted by atomic mass is 10.5. The van der Waals surface area contributed by atoms with Gasteiger partial charge in [-0.1, -0.05) is 0 Å². The highest BCUT2D eigenvalue weighted by atomic mass is 32.2. The predicted octanol–water partition coefficient (Wildman–Crippen LogP) is 0.941. The van der Waals surface area contributed by atoms with E-state index in [0.717, 1.165) is 0 Å². The molecule has 0 N–H and O–H groups in total. The number of thioether (sulfide) groups is 1. The zero-order valence-corrected chi connectivity index (χ0v) is 8.47. The molecule has 0 spiro atoms. The topological polar surface area (TPSA) is 23.6 Å². The van der Waals surface area contributed by atoms with Crippen LogP contribution in [0.25, 0.3) is 0 Å². The Kier molecular flexibility index (Phi) is 3.03. The van der Waals surface area contributed by atoms with Crippen LogP contribution in [0.5, 0.6) is 0 Å². The van der Waals surface area contributed by atoms with Gasteiger partial charge in [-0.3, -0.25) is 4.79 Å². The minimum atomic E-state index is 0.230. The molecule has 0 aromatic carbocycles.